The molecule has 2 rings (SSSR count). The molecule has 5 heteroatoms. The van der Waals surface area contributed by atoms with Crippen molar-refractivity contribution in [3.8, 4) is 0 Å². The van der Waals surface area contributed by atoms with Crippen molar-refractivity contribution in [3.05, 3.63) is 35.6 Å². The van der Waals surface area contributed by atoms with E-state index in [0.29, 0.717) is 13.0 Å². The maximum Gasteiger partial charge on any atom is 0.320 e. The van der Waals surface area contributed by atoms with Gasteiger partial charge in [-0.05, 0) is 37.1 Å². The van der Waals surface area contributed by atoms with Gasteiger partial charge in [-0.1, -0.05) is 12.1 Å². The van der Waals surface area contributed by atoms with Crippen molar-refractivity contribution in [1.29, 1.82) is 0 Å². The summed E-state index contributed by atoms with van der Waals surface area (Å²) in [6.07, 6.45) is 1.62. The van der Waals surface area contributed by atoms with Gasteiger partial charge in [-0.25, -0.2) is 4.39 Å². The zero-order valence-electron chi connectivity index (χ0n) is 9.30. The summed E-state index contributed by atoms with van der Waals surface area (Å²) in [5.74, 6) is -1.03. The normalized spacial score (nSPS) is 19.9. The zero-order valence-corrected chi connectivity index (χ0v) is 10.1. The van der Waals surface area contributed by atoms with E-state index in [0.717, 1.165) is 18.5 Å². The average Bonchev–Trinajstić information content (AvgIpc) is 2.69. The van der Waals surface area contributed by atoms with Gasteiger partial charge < -0.3 is 5.11 Å². The van der Waals surface area contributed by atoms with Crippen molar-refractivity contribution in [2.45, 2.75) is 25.4 Å². The highest BCUT2D eigenvalue weighted by molar-refractivity contribution is 5.85. The van der Waals surface area contributed by atoms with Crippen LogP contribution in [0, 0.1) is 5.82 Å². The Bertz CT molecular complexity index is 383. The van der Waals surface area contributed by atoms with E-state index in [1.54, 1.807) is 12.1 Å². The predicted molar refractivity (Wildman–Crippen MR) is 64.7 cm³/mol. The Balaban J connectivity index is 0.00000144. The Morgan fingerprint density at radius 2 is 2.06 bits per heavy atom. The van der Waals surface area contributed by atoms with Crippen LogP contribution in [-0.2, 0) is 11.3 Å². The maximum atomic E-state index is 12.7. The number of rotatable bonds is 3. The molecule has 1 aliphatic heterocycles. The first-order valence-electron chi connectivity index (χ1n) is 5.38. The molecule has 0 radical (unpaired) electrons. The first-order chi connectivity index (χ1) is 7.66. The molecule has 1 saturated heterocycles. The van der Waals surface area contributed by atoms with E-state index in [1.807, 2.05) is 4.90 Å². The first kappa shape index (κ1) is 13.9. The van der Waals surface area contributed by atoms with Crippen LogP contribution < -0.4 is 0 Å². The number of likely N-dealkylation sites (tertiary alicyclic amines) is 1. The third-order valence-corrected chi connectivity index (χ3v) is 2.95. The number of carboxylic acids is 1. The van der Waals surface area contributed by atoms with Gasteiger partial charge in [0.05, 0.1) is 0 Å². The molecule has 1 heterocycles. The van der Waals surface area contributed by atoms with Gasteiger partial charge in [0.25, 0.3) is 0 Å². The van der Waals surface area contributed by atoms with Gasteiger partial charge in [-0.15, -0.1) is 12.4 Å². The summed E-state index contributed by atoms with van der Waals surface area (Å²) < 4.78 is 12.7. The molecule has 0 aromatic heterocycles. The zero-order chi connectivity index (χ0) is 11.5. The number of carboxylic acid groups (broad SMARTS) is 1. The lowest BCUT2D eigenvalue weighted by Gasteiger charge is -2.20. The van der Waals surface area contributed by atoms with Crippen molar-refractivity contribution in [3.63, 3.8) is 0 Å². The third-order valence-electron chi connectivity index (χ3n) is 2.95. The molecule has 1 N–H and O–H groups in total. The molecule has 1 atom stereocenters. The van der Waals surface area contributed by atoms with Crippen LogP contribution in [0.5, 0.6) is 0 Å². The Morgan fingerprint density at radius 1 is 1.41 bits per heavy atom. The Labute approximate surface area is 106 Å². The second-order valence-corrected chi connectivity index (χ2v) is 4.09. The van der Waals surface area contributed by atoms with E-state index in [9.17, 15) is 9.18 Å². The van der Waals surface area contributed by atoms with Crippen LogP contribution in [0.15, 0.2) is 24.3 Å². The summed E-state index contributed by atoms with van der Waals surface area (Å²) in [6, 6.07) is 5.83. The van der Waals surface area contributed by atoms with E-state index in [-0.39, 0.29) is 24.3 Å². The quantitative estimate of drug-likeness (QED) is 0.906. The first-order valence-corrected chi connectivity index (χ1v) is 5.38. The van der Waals surface area contributed by atoms with Crippen LogP contribution in [0.3, 0.4) is 0 Å². The maximum absolute atomic E-state index is 12.7. The highest BCUT2D eigenvalue weighted by Crippen LogP contribution is 2.20. The van der Waals surface area contributed by atoms with Gasteiger partial charge in [0, 0.05) is 6.54 Å². The predicted octanol–water partition coefficient (Wildman–Crippen LogP) is 2.30. The number of halogens is 2. The molecule has 3 nitrogen and oxygen atoms in total. The largest absolute Gasteiger partial charge is 0.480 e. The number of nitrogens with zero attached hydrogens (tertiary/aromatic N) is 1. The number of carbonyl (C=O) groups is 1. The van der Waals surface area contributed by atoms with Crippen molar-refractivity contribution in [2.75, 3.05) is 6.54 Å². The highest BCUT2D eigenvalue weighted by Gasteiger charge is 2.30. The van der Waals surface area contributed by atoms with Crippen molar-refractivity contribution in [2.24, 2.45) is 0 Å². The SMILES string of the molecule is Cl.O=C(O)C1CCCN1Cc1ccc(F)cc1. The number of aliphatic carboxylic acids is 1. The molecule has 0 saturated carbocycles. The Kier molecular flexibility index (Phi) is 4.90. The van der Waals surface area contributed by atoms with E-state index in [4.69, 9.17) is 5.11 Å². The topological polar surface area (TPSA) is 40.5 Å². The molecule has 1 aromatic carbocycles. The molecule has 1 aliphatic rings. The summed E-state index contributed by atoms with van der Waals surface area (Å²) >= 11 is 0. The van der Waals surface area contributed by atoms with Gasteiger partial charge in [0.1, 0.15) is 11.9 Å². The van der Waals surface area contributed by atoms with Crippen LogP contribution in [0.1, 0.15) is 18.4 Å². The van der Waals surface area contributed by atoms with Gasteiger partial charge >= 0.3 is 5.97 Å². The van der Waals surface area contributed by atoms with E-state index in [1.165, 1.54) is 12.1 Å². The molecule has 0 amide bonds. The van der Waals surface area contributed by atoms with Crippen molar-refractivity contribution >= 4 is 18.4 Å². The van der Waals surface area contributed by atoms with Crippen molar-refractivity contribution in [1.82, 2.24) is 4.90 Å². The van der Waals surface area contributed by atoms with Crippen LogP contribution in [0.4, 0.5) is 4.39 Å². The van der Waals surface area contributed by atoms with Crippen LogP contribution in [0.2, 0.25) is 0 Å². The van der Waals surface area contributed by atoms with E-state index >= 15 is 0 Å². The Morgan fingerprint density at radius 3 is 2.65 bits per heavy atom. The smallest absolute Gasteiger partial charge is 0.320 e. The molecule has 0 aliphatic carbocycles. The van der Waals surface area contributed by atoms with Gasteiger partial charge in [0.2, 0.25) is 0 Å². The third kappa shape index (κ3) is 3.41. The molecule has 1 aromatic rings. The second-order valence-electron chi connectivity index (χ2n) is 4.09. The molecule has 1 unspecified atom stereocenters. The Hall–Kier alpha value is -1.13. The monoisotopic (exact) mass is 259 g/mol. The fourth-order valence-electron chi connectivity index (χ4n) is 2.12. The standard InChI is InChI=1S/C12H14FNO2.ClH/c13-10-5-3-9(4-6-10)8-14-7-1-2-11(14)12(15)16;/h3-6,11H,1-2,7-8H2,(H,15,16);1H. The molecule has 0 bridgehead atoms. The van der Waals surface area contributed by atoms with Gasteiger partial charge in [-0.2, -0.15) is 0 Å². The van der Waals surface area contributed by atoms with Crippen LogP contribution in [0.25, 0.3) is 0 Å². The second kappa shape index (κ2) is 5.98. The minimum atomic E-state index is -0.764. The fourth-order valence-corrected chi connectivity index (χ4v) is 2.12. The molecular weight excluding hydrogens is 245 g/mol. The molecule has 1 fully saturated rings. The van der Waals surface area contributed by atoms with Gasteiger partial charge in [-0.3, -0.25) is 9.69 Å². The molecule has 94 valence electrons. The molecule has 0 spiro atoms. The fraction of sp³-hybridized carbons (Fsp3) is 0.417. The minimum Gasteiger partial charge on any atom is -0.480 e. The van der Waals surface area contributed by atoms with E-state index < -0.39 is 5.97 Å². The average molecular weight is 260 g/mol. The summed E-state index contributed by atoms with van der Waals surface area (Å²) in [4.78, 5) is 12.9. The van der Waals surface area contributed by atoms with Crippen LogP contribution >= 0.6 is 12.4 Å². The number of benzene rings is 1. The van der Waals surface area contributed by atoms with Gasteiger partial charge in [0.15, 0.2) is 0 Å². The number of hydrogen-bond donors (Lipinski definition) is 1. The van der Waals surface area contributed by atoms with Crippen molar-refractivity contribution < 1.29 is 14.3 Å². The summed E-state index contributed by atoms with van der Waals surface area (Å²) in [5, 5.41) is 9.00. The van der Waals surface area contributed by atoms with E-state index in [2.05, 4.69) is 0 Å². The summed E-state index contributed by atoms with van der Waals surface area (Å²) in [5.41, 5.74) is 0.953. The lowest BCUT2D eigenvalue weighted by atomic mass is 10.2. The molecular formula is C12H15ClFNO2. The lowest BCUT2D eigenvalue weighted by molar-refractivity contribution is -0.142. The summed E-state index contributed by atoms with van der Waals surface area (Å²) in [6.45, 7) is 1.38. The van der Waals surface area contributed by atoms with Crippen LogP contribution in [-0.4, -0.2) is 28.6 Å². The summed E-state index contributed by atoms with van der Waals surface area (Å²) in [7, 11) is 0. The number of hydrogen-bond acceptors (Lipinski definition) is 2. The molecule has 17 heavy (non-hydrogen) atoms. The highest BCUT2D eigenvalue weighted by atomic mass is 35.5. The lowest BCUT2D eigenvalue weighted by Crippen LogP contribution is -2.35. The minimum absolute atomic E-state index is 0.